The number of likely N-dealkylation sites (N-methyl/N-ethyl adjacent to an activating group) is 1. The standard InChI is InChI=1S/C15H22N2O3/c1-17(10-12-6-4-8-20-12)9-11-5-3-7-13(16)14(11)15(18)19-2/h3,5,7,12H,4,6,8-10,16H2,1-2H3. The minimum atomic E-state index is -0.386. The molecule has 2 rings (SSSR count). The van der Waals surface area contributed by atoms with Gasteiger partial charge in [0.2, 0.25) is 0 Å². The van der Waals surface area contributed by atoms with Gasteiger partial charge in [0.05, 0.1) is 18.8 Å². The molecule has 1 saturated heterocycles. The summed E-state index contributed by atoms with van der Waals surface area (Å²) in [4.78, 5) is 14.0. The number of benzene rings is 1. The molecule has 20 heavy (non-hydrogen) atoms. The summed E-state index contributed by atoms with van der Waals surface area (Å²) >= 11 is 0. The number of carbonyl (C=O) groups excluding carboxylic acids is 1. The first-order valence-electron chi connectivity index (χ1n) is 6.87. The predicted octanol–water partition coefficient (Wildman–Crippen LogP) is 1.67. The van der Waals surface area contributed by atoms with E-state index in [9.17, 15) is 4.79 Å². The third-order valence-corrected chi connectivity index (χ3v) is 3.55. The lowest BCUT2D eigenvalue weighted by Gasteiger charge is -2.22. The first-order chi connectivity index (χ1) is 9.61. The molecule has 0 bridgehead atoms. The third kappa shape index (κ3) is 3.49. The summed E-state index contributed by atoms with van der Waals surface area (Å²) in [7, 11) is 3.39. The van der Waals surface area contributed by atoms with E-state index < -0.39 is 0 Å². The van der Waals surface area contributed by atoms with E-state index in [1.165, 1.54) is 7.11 Å². The number of nitrogens with zero attached hydrogens (tertiary/aromatic N) is 1. The van der Waals surface area contributed by atoms with Gasteiger partial charge in [0.15, 0.2) is 0 Å². The molecule has 0 aromatic heterocycles. The van der Waals surface area contributed by atoms with Crippen LogP contribution in [0.4, 0.5) is 5.69 Å². The van der Waals surface area contributed by atoms with Crippen LogP contribution in [-0.2, 0) is 16.0 Å². The molecule has 1 fully saturated rings. The van der Waals surface area contributed by atoms with Gasteiger partial charge >= 0.3 is 5.97 Å². The van der Waals surface area contributed by atoms with E-state index in [2.05, 4.69) is 4.90 Å². The van der Waals surface area contributed by atoms with Gasteiger partial charge in [-0.25, -0.2) is 4.79 Å². The van der Waals surface area contributed by atoms with Crippen molar-refractivity contribution in [2.45, 2.75) is 25.5 Å². The molecule has 0 amide bonds. The Labute approximate surface area is 119 Å². The van der Waals surface area contributed by atoms with Crippen LogP contribution in [0, 0.1) is 0 Å². The van der Waals surface area contributed by atoms with Gasteiger partial charge in [-0.3, -0.25) is 4.90 Å². The molecule has 0 aliphatic carbocycles. The van der Waals surface area contributed by atoms with Crippen molar-refractivity contribution in [1.29, 1.82) is 0 Å². The van der Waals surface area contributed by atoms with Crippen molar-refractivity contribution in [3.05, 3.63) is 29.3 Å². The van der Waals surface area contributed by atoms with Crippen LogP contribution in [0.2, 0.25) is 0 Å². The zero-order chi connectivity index (χ0) is 14.5. The number of hydrogen-bond donors (Lipinski definition) is 1. The number of esters is 1. The van der Waals surface area contributed by atoms with Crippen LogP contribution < -0.4 is 5.73 Å². The fourth-order valence-corrected chi connectivity index (χ4v) is 2.59. The maximum Gasteiger partial charge on any atom is 0.340 e. The van der Waals surface area contributed by atoms with E-state index in [1.54, 1.807) is 6.07 Å². The molecule has 2 N–H and O–H groups in total. The molecule has 1 aromatic carbocycles. The smallest absolute Gasteiger partial charge is 0.340 e. The van der Waals surface area contributed by atoms with Gasteiger partial charge in [-0.1, -0.05) is 12.1 Å². The average Bonchev–Trinajstić information content (AvgIpc) is 2.91. The van der Waals surface area contributed by atoms with Crippen molar-refractivity contribution in [3.63, 3.8) is 0 Å². The van der Waals surface area contributed by atoms with E-state index >= 15 is 0 Å². The molecule has 1 unspecified atom stereocenters. The number of nitrogens with two attached hydrogens (primary N) is 1. The molecule has 1 aromatic rings. The zero-order valence-electron chi connectivity index (χ0n) is 12.1. The zero-order valence-corrected chi connectivity index (χ0v) is 12.1. The summed E-state index contributed by atoms with van der Waals surface area (Å²) < 4.78 is 10.4. The number of nitrogen functional groups attached to an aromatic ring is 1. The van der Waals surface area contributed by atoms with Gasteiger partial charge < -0.3 is 15.2 Å². The lowest BCUT2D eigenvalue weighted by Crippen LogP contribution is -2.29. The molecule has 1 aliphatic heterocycles. The second-order valence-electron chi connectivity index (χ2n) is 5.20. The Morgan fingerprint density at radius 3 is 3.00 bits per heavy atom. The Bertz CT molecular complexity index is 470. The molecular weight excluding hydrogens is 256 g/mol. The highest BCUT2D eigenvalue weighted by Gasteiger charge is 2.20. The van der Waals surface area contributed by atoms with Crippen LogP contribution in [0.25, 0.3) is 0 Å². The van der Waals surface area contributed by atoms with E-state index in [4.69, 9.17) is 15.2 Å². The summed E-state index contributed by atoms with van der Waals surface area (Å²) in [6.07, 6.45) is 2.53. The molecule has 0 radical (unpaired) electrons. The average molecular weight is 278 g/mol. The van der Waals surface area contributed by atoms with Crippen LogP contribution in [0.15, 0.2) is 18.2 Å². The molecule has 0 saturated carbocycles. The number of ether oxygens (including phenoxy) is 2. The fourth-order valence-electron chi connectivity index (χ4n) is 2.59. The predicted molar refractivity (Wildman–Crippen MR) is 77.5 cm³/mol. The molecule has 110 valence electrons. The molecule has 5 nitrogen and oxygen atoms in total. The summed E-state index contributed by atoms with van der Waals surface area (Å²) in [5.74, 6) is -0.386. The van der Waals surface area contributed by atoms with Crippen LogP contribution in [0.3, 0.4) is 0 Å². The van der Waals surface area contributed by atoms with E-state index in [0.717, 1.165) is 31.6 Å². The minimum Gasteiger partial charge on any atom is -0.465 e. The molecule has 1 atom stereocenters. The highest BCUT2D eigenvalue weighted by molar-refractivity contribution is 5.96. The third-order valence-electron chi connectivity index (χ3n) is 3.55. The molecule has 1 aliphatic rings. The van der Waals surface area contributed by atoms with E-state index in [0.29, 0.717) is 23.9 Å². The molecule has 1 heterocycles. The van der Waals surface area contributed by atoms with Gasteiger partial charge in [0.1, 0.15) is 0 Å². The largest absolute Gasteiger partial charge is 0.465 e. The van der Waals surface area contributed by atoms with Crippen LogP contribution in [0.1, 0.15) is 28.8 Å². The normalized spacial score (nSPS) is 18.4. The Morgan fingerprint density at radius 2 is 2.35 bits per heavy atom. The number of methoxy groups -OCH3 is 1. The lowest BCUT2D eigenvalue weighted by atomic mass is 10.0. The second-order valence-corrected chi connectivity index (χ2v) is 5.20. The number of rotatable bonds is 5. The van der Waals surface area contributed by atoms with Gasteiger partial charge in [0.25, 0.3) is 0 Å². The Hall–Kier alpha value is -1.59. The van der Waals surface area contributed by atoms with Crippen LogP contribution in [-0.4, -0.2) is 44.3 Å². The van der Waals surface area contributed by atoms with Crippen molar-refractivity contribution >= 4 is 11.7 Å². The summed E-state index contributed by atoms with van der Waals surface area (Å²) in [5.41, 5.74) is 7.70. The van der Waals surface area contributed by atoms with Crippen LogP contribution >= 0.6 is 0 Å². The summed E-state index contributed by atoms with van der Waals surface area (Å²) in [6.45, 7) is 2.36. The highest BCUT2D eigenvalue weighted by atomic mass is 16.5. The van der Waals surface area contributed by atoms with Gasteiger partial charge in [-0.15, -0.1) is 0 Å². The quantitative estimate of drug-likeness (QED) is 0.655. The SMILES string of the molecule is COC(=O)c1c(N)cccc1CN(C)CC1CCCO1. The summed E-state index contributed by atoms with van der Waals surface area (Å²) in [6, 6.07) is 5.49. The molecule has 5 heteroatoms. The minimum absolute atomic E-state index is 0.294. The van der Waals surface area contributed by atoms with Crippen molar-refractivity contribution in [2.75, 3.05) is 33.0 Å². The van der Waals surface area contributed by atoms with Gasteiger partial charge in [0, 0.05) is 25.4 Å². The first-order valence-corrected chi connectivity index (χ1v) is 6.87. The Balaban J connectivity index is 2.07. The maximum atomic E-state index is 11.8. The molecular formula is C15H22N2O3. The van der Waals surface area contributed by atoms with E-state index in [1.807, 2.05) is 19.2 Å². The monoisotopic (exact) mass is 278 g/mol. The Morgan fingerprint density at radius 1 is 1.55 bits per heavy atom. The van der Waals surface area contributed by atoms with E-state index in [-0.39, 0.29) is 5.97 Å². The topological polar surface area (TPSA) is 64.8 Å². The molecule has 0 spiro atoms. The van der Waals surface area contributed by atoms with Gasteiger partial charge in [-0.2, -0.15) is 0 Å². The highest BCUT2D eigenvalue weighted by Crippen LogP contribution is 2.20. The van der Waals surface area contributed by atoms with Crippen molar-refractivity contribution < 1.29 is 14.3 Å². The van der Waals surface area contributed by atoms with Crippen molar-refractivity contribution in [1.82, 2.24) is 4.90 Å². The number of carbonyl (C=O) groups is 1. The lowest BCUT2D eigenvalue weighted by molar-refractivity contribution is 0.0598. The Kier molecular flexibility index (Phi) is 4.98. The first kappa shape index (κ1) is 14.8. The van der Waals surface area contributed by atoms with Crippen molar-refractivity contribution in [2.24, 2.45) is 0 Å². The number of anilines is 1. The fraction of sp³-hybridized carbons (Fsp3) is 0.533. The van der Waals surface area contributed by atoms with Crippen LogP contribution in [0.5, 0.6) is 0 Å². The van der Waals surface area contributed by atoms with Gasteiger partial charge in [-0.05, 0) is 31.5 Å². The summed E-state index contributed by atoms with van der Waals surface area (Å²) in [5, 5.41) is 0. The van der Waals surface area contributed by atoms with Crippen molar-refractivity contribution in [3.8, 4) is 0 Å². The number of hydrogen-bond acceptors (Lipinski definition) is 5. The maximum absolute atomic E-state index is 11.8. The second kappa shape index (κ2) is 6.72.